The highest BCUT2D eigenvalue weighted by molar-refractivity contribution is 9.13. The normalized spacial score (nSPS) is 15.6. The smallest absolute Gasteiger partial charge is 0.276 e. The molecule has 0 fully saturated rings. The van der Waals surface area contributed by atoms with E-state index in [1.165, 1.54) is 17.5 Å². The lowest BCUT2D eigenvalue weighted by atomic mass is 9.97. The minimum atomic E-state index is -0.330. The van der Waals surface area contributed by atoms with Crippen molar-refractivity contribution in [3.63, 3.8) is 0 Å². The van der Waals surface area contributed by atoms with Gasteiger partial charge in [0.05, 0.1) is 26.7 Å². The molecule has 3 aromatic rings. The highest BCUT2D eigenvalue weighted by Crippen LogP contribution is 2.30. The quantitative estimate of drug-likeness (QED) is 0.403. The molecule has 4 rings (SSSR count). The average molecular weight is 540 g/mol. The van der Waals surface area contributed by atoms with Crippen molar-refractivity contribution in [1.82, 2.24) is 20.3 Å². The number of fused-ring (bicyclic) bond motifs is 1. The first-order valence-corrected chi connectivity index (χ1v) is 11.2. The number of hydrogen-bond donors (Lipinski definition) is 4. The van der Waals surface area contributed by atoms with Crippen LogP contribution in [0.25, 0.3) is 0 Å². The Morgan fingerprint density at radius 2 is 2.10 bits per heavy atom. The lowest BCUT2D eigenvalue weighted by Crippen LogP contribution is -2.38. The van der Waals surface area contributed by atoms with E-state index in [4.69, 9.17) is 5.73 Å². The van der Waals surface area contributed by atoms with Crippen LogP contribution in [0.15, 0.2) is 33.5 Å². The van der Waals surface area contributed by atoms with Crippen LogP contribution in [0, 0.1) is 0 Å². The molecule has 0 aliphatic heterocycles. The molecule has 0 radical (unpaired) electrons. The number of H-pyrrole nitrogens is 1. The van der Waals surface area contributed by atoms with Crippen LogP contribution in [0.5, 0.6) is 0 Å². The fourth-order valence-corrected chi connectivity index (χ4v) is 4.78. The second kappa shape index (κ2) is 8.25. The number of nitrogen functional groups attached to an aromatic ring is 1. The molecule has 0 saturated carbocycles. The minimum Gasteiger partial charge on any atom is -0.397 e. The number of aryl methyl sites for hydroxylation is 1. The fourth-order valence-electron chi connectivity index (χ4n) is 3.04. The zero-order chi connectivity index (χ0) is 20.5. The maximum absolute atomic E-state index is 12.5. The van der Waals surface area contributed by atoms with E-state index in [1.54, 1.807) is 18.2 Å². The molecule has 0 aromatic carbocycles. The van der Waals surface area contributed by atoms with Crippen LogP contribution in [0.2, 0.25) is 0 Å². The standard InChI is InChI=1S/C18H16Br2N6O2S/c19-10-6-13(24-15(10)20)17(28)23-9-2-4-11-14(5-9)29-18(25-11)26-16(27)12-3-1-8(21)7-22-12/h1,3,6-7,9,24H,2,4-5,21H2,(H,23,28)(H,25,26,27)/t9-/m0/s1. The SMILES string of the molecule is Nc1ccc(C(=O)Nc2nc3c(s2)C[C@@H](NC(=O)c2cc(Br)c(Br)[nH]2)CC3)nc1. The van der Waals surface area contributed by atoms with Crippen LogP contribution in [0.4, 0.5) is 10.8 Å². The number of halogens is 2. The van der Waals surface area contributed by atoms with Gasteiger partial charge in [-0.05, 0) is 62.9 Å². The van der Waals surface area contributed by atoms with Crippen molar-refractivity contribution in [3.8, 4) is 0 Å². The van der Waals surface area contributed by atoms with Crippen molar-refractivity contribution in [2.75, 3.05) is 11.1 Å². The van der Waals surface area contributed by atoms with E-state index in [9.17, 15) is 9.59 Å². The van der Waals surface area contributed by atoms with Gasteiger partial charge in [0.15, 0.2) is 5.13 Å². The number of rotatable bonds is 4. The molecule has 0 saturated heterocycles. The second-order valence-electron chi connectivity index (χ2n) is 6.58. The van der Waals surface area contributed by atoms with Gasteiger partial charge in [0.2, 0.25) is 0 Å². The van der Waals surface area contributed by atoms with Crippen molar-refractivity contribution >= 4 is 65.8 Å². The molecular formula is C18H16Br2N6O2S. The van der Waals surface area contributed by atoms with Crippen LogP contribution < -0.4 is 16.4 Å². The summed E-state index contributed by atoms with van der Waals surface area (Å²) in [6.07, 6.45) is 3.65. The Labute approximate surface area is 187 Å². The first-order chi connectivity index (χ1) is 13.9. The molecule has 8 nitrogen and oxygen atoms in total. The monoisotopic (exact) mass is 538 g/mol. The molecule has 150 valence electrons. The summed E-state index contributed by atoms with van der Waals surface area (Å²) in [4.78, 5) is 37.4. The number of carbonyl (C=O) groups excluding carboxylic acids is 2. The molecule has 0 unspecified atom stereocenters. The molecule has 5 N–H and O–H groups in total. The van der Waals surface area contributed by atoms with Gasteiger partial charge in [-0.3, -0.25) is 14.9 Å². The van der Waals surface area contributed by atoms with Gasteiger partial charge in [0.1, 0.15) is 11.4 Å². The first kappa shape index (κ1) is 20.0. The number of carbonyl (C=O) groups is 2. The van der Waals surface area contributed by atoms with E-state index in [0.717, 1.165) is 32.5 Å². The summed E-state index contributed by atoms with van der Waals surface area (Å²) in [5.74, 6) is -0.485. The zero-order valence-electron chi connectivity index (χ0n) is 15.0. The van der Waals surface area contributed by atoms with Gasteiger partial charge < -0.3 is 16.0 Å². The van der Waals surface area contributed by atoms with E-state index >= 15 is 0 Å². The summed E-state index contributed by atoms with van der Waals surface area (Å²) in [6, 6.07) is 4.95. The number of aromatic nitrogens is 3. The summed E-state index contributed by atoms with van der Waals surface area (Å²) in [5.41, 5.74) is 7.83. The number of nitrogens with two attached hydrogens (primary N) is 1. The number of nitrogens with zero attached hydrogens (tertiary/aromatic N) is 2. The Kier molecular flexibility index (Phi) is 5.70. The van der Waals surface area contributed by atoms with Crippen LogP contribution in [-0.2, 0) is 12.8 Å². The molecule has 2 amide bonds. The van der Waals surface area contributed by atoms with Gasteiger partial charge in [-0.2, -0.15) is 0 Å². The van der Waals surface area contributed by atoms with Crippen molar-refractivity contribution in [1.29, 1.82) is 0 Å². The molecule has 1 atom stereocenters. The maximum atomic E-state index is 12.5. The van der Waals surface area contributed by atoms with Crippen LogP contribution >= 0.6 is 43.2 Å². The van der Waals surface area contributed by atoms with Gasteiger partial charge in [-0.25, -0.2) is 9.97 Å². The number of nitrogens with one attached hydrogen (secondary N) is 3. The van der Waals surface area contributed by atoms with E-state index < -0.39 is 0 Å². The molecule has 3 heterocycles. The van der Waals surface area contributed by atoms with E-state index in [2.05, 4.69) is 57.4 Å². The average Bonchev–Trinajstić information content (AvgIpc) is 3.24. The lowest BCUT2D eigenvalue weighted by molar-refractivity contribution is 0.0928. The van der Waals surface area contributed by atoms with Gasteiger partial charge >= 0.3 is 0 Å². The highest BCUT2D eigenvalue weighted by Gasteiger charge is 2.25. The maximum Gasteiger partial charge on any atom is 0.276 e. The highest BCUT2D eigenvalue weighted by atomic mass is 79.9. The predicted molar refractivity (Wildman–Crippen MR) is 118 cm³/mol. The van der Waals surface area contributed by atoms with Gasteiger partial charge in [0.25, 0.3) is 11.8 Å². The molecule has 3 aromatic heterocycles. The Morgan fingerprint density at radius 3 is 2.79 bits per heavy atom. The number of aromatic amines is 1. The number of thiazole rings is 1. The summed E-state index contributed by atoms with van der Waals surface area (Å²) in [5, 5.41) is 6.37. The minimum absolute atomic E-state index is 0.0126. The van der Waals surface area contributed by atoms with Gasteiger partial charge in [-0.15, -0.1) is 11.3 Å². The zero-order valence-corrected chi connectivity index (χ0v) is 18.9. The third-order valence-corrected chi connectivity index (χ3v) is 7.30. The topological polar surface area (TPSA) is 126 Å². The Bertz CT molecular complexity index is 1060. The molecular weight excluding hydrogens is 524 g/mol. The molecule has 29 heavy (non-hydrogen) atoms. The fraction of sp³-hybridized carbons (Fsp3) is 0.222. The van der Waals surface area contributed by atoms with Crippen LogP contribution in [0.3, 0.4) is 0 Å². The largest absolute Gasteiger partial charge is 0.397 e. The summed E-state index contributed by atoms with van der Waals surface area (Å²) >= 11 is 8.13. The third kappa shape index (κ3) is 4.51. The predicted octanol–water partition coefficient (Wildman–Crippen LogP) is 3.51. The van der Waals surface area contributed by atoms with Gasteiger partial charge in [-0.1, -0.05) is 0 Å². The number of hydrogen-bond acceptors (Lipinski definition) is 6. The van der Waals surface area contributed by atoms with Crippen molar-refractivity contribution in [2.24, 2.45) is 0 Å². The van der Waals surface area contributed by atoms with E-state index in [0.29, 0.717) is 22.9 Å². The van der Waals surface area contributed by atoms with E-state index in [-0.39, 0.29) is 23.6 Å². The van der Waals surface area contributed by atoms with E-state index in [1.807, 2.05) is 0 Å². The summed E-state index contributed by atoms with van der Waals surface area (Å²) < 4.78 is 1.53. The first-order valence-electron chi connectivity index (χ1n) is 8.75. The molecule has 1 aliphatic rings. The Balaban J connectivity index is 1.40. The Morgan fingerprint density at radius 1 is 1.28 bits per heavy atom. The number of pyridine rings is 1. The van der Waals surface area contributed by atoms with Crippen molar-refractivity contribution in [2.45, 2.75) is 25.3 Å². The molecule has 0 spiro atoms. The molecule has 11 heteroatoms. The van der Waals surface area contributed by atoms with Crippen molar-refractivity contribution in [3.05, 3.63) is 55.4 Å². The molecule has 0 bridgehead atoms. The van der Waals surface area contributed by atoms with Crippen LogP contribution in [-0.4, -0.2) is 32.8 Å². The second-order valence-corrected chi connectivity index (χ2v) is 9.31. The lowest BCUT2D eigenvalue weighted by Gasteiger charge is -2.22. The Hall–Kier alpha value is -2.24. The van der Waals surface area contributed by atoms with Gasteiger partial charge in [0, 0.05) is 17.3 Å². The number of anilines is 2. The van der Waals surface area contributed by atoms with Crippen molar-refractivity contribution < 1.29 is 9.59 Å². The van der Waals surface area contributed by atoms with Crippen LogP contribution in [0.1, 0.15) is 38.0 Å². The third-order valence-electron chi connectivity index (χ3n) is 4.48. The number of amides is 2. The summed E-state index contributed by atoms with van der Waals surface area (Å²) in [7, 11) is 0. The summed E-state index contributed by atoms with van der Waals surface area (Å²) in [6.45, 7) is 0. The molecule has 1 aliphatic carbocycles.